The molecule has 3 rings (SSSR count). The van der Waals surface area contributed by atoms with Crippen LogP contribution in [0.1, 0.15) is 23.2 Å². The number of hydrogen-bond acceptors (Lipinski definition) is 5. The lowest BCUT2D eigenvalue weighted by atomic mass is 10.2. The molecule has 1 fully saturated rings. The van der Waals surface area contributed by atoms with Crippen molar-refractivity contribution in [1.82, 2.24) is 0 Å². The van der Waals surface area contributed by atoms with Gasteiger partial charge in [-0.05, 0) is 49.2 Å². The molecule has 1 atom stereocenters. The molecule has 1 amide bonds. The van der Waals surface area contributed by atoms with E-state index in [-0.39, 0.29) is 17.4 Å². The first-order valence-electron chi connectivity index (χ1n) is 8.68. The zero-order valence-electron chi connectivity index (χ0n) is 14.7. The van der Waals surface area contributed by atoms with Crippen LogP contribution in [0.25, 0.3) is 0 Å². The highest BCUT2D eigenvalue weighted by Gasteiger charge is 2.16. The Balaban J connectivity index is 1.44. The molecule has 0 aliphatic carbocycles. The van der Waals surface area contributed by atoms with Crippen LogP contribution in [0.2, 0.25) is 0 Å². The van der Waals surface area contributed by atoms with Gasteiger partial charge in [-0.2, -0.15) is 0 Å². The van der Waals surface area contributed by atoms with Gasteiger partial charge in [0.2, 0.25) is 0 Å². The van der Waals surface area contributed by atoms with Crippen LogP contribution in [0.5, 0.6) is 5.75 Å². The minimum atomic E-state index is -0.649. The number of halogens is 1. The predicted octanol–water partition coefficient (Wildman–Crippen LogP) is 3.18. The highest BCUT2D eigenvalue weighted by atomic mass is 19.1. The molecule has 7 heteroatoms. The third-order valence-electron chi connectivity index (χ3n) is 4.03. The summed E-state index contributed by atoms with van der Waals surface area (Å²) < 4.78 is 29.5. The molecular formula is C20H20FNO5. The summed E-state index contributed by atoms with van der Waals surface area (Å²) in [5, 5.41) is 2.35. The van der Waals surface area contributed by atoms with E-state index in [1.165, 1.54) is 18.2 Å². The molecule has 0 unspecified atom stereocenters. The summed E-state index contributed by atoms with van der Waals surface area (Å²) in [6.45, 7) is 0.730. The third kappa shape index (κ3) is 5.52. The summed E-state index contributed by atoms with van der Waals surface area (Å²) in [5.74, 6) is -1.20. The lowest BCUT2D eigenvalue weighted by Crippen LogP contribution is -2.21. The van der Waals surface area contributed by atoms with Crippen molar-refractivity contribution in [2.75, 3.05) is 25.1 Å². The minimum Gasteiger partial charge on any atom is -0.491 e. The fraction of sp³-hybridized carbons (Fsp3) is 0.300. The van der Waals surface area contributed by atoms with Gasteiger partial charge in [0.1, 0.15) is 18.2 Å². The van der Waals surface area contributed by atoms with Crippen LogP contribution in [0.3, 0.4) is 0 Å². The maximum Gasteiger partial charge on any atom is 0.338 e. The van der Waals surface area contributed by atoms with Crippen LogP contribution >= 0.6 is 0 Å². The van der Waals surface area contributed by atoms with Gasteiger partial charge in [0.05, 0.1) is 17.4 Å². The second kappa shape index (κ2) is 9.14. The molecular weight excluding hydrogens is 353 g/mol. The Bertz CT molecular complexity index is 787. The number of carbonyl (C=O) groups is 2. The summed E-state index contributed by atoms with van der Waals surface area (Å²) in [7, 11) is 0. The highest BCUT2D eigenvalue weighted by molar-refractivity contribution is 5.95. The minimum absolute atomic E-state index is 0.0336. The molecule has 27 heavy (non-hydrogen) atoms. The van der Waals surface area contributed by atoms with E-state index in [4.69, 9.17) is 14.2 Å². The van der Waals surface area contributed by atoms with Crippen molar-refractivity contribution in [1.29, 1.82) is 0 Å². The molecule has 0 radical (unpaired) electrons. The van der Waals surface area contributed by atoms with Gasteiger partial charge in [-0.3, -0.25) is 4.79 Å². The average molecular weight is 373 g/mol. The molecule has 142 valence electrons. The molecule has 1 aliphatic rings. The number of hydrogen-bond donors (Lipinski definition) is 1. The van der Waals surface area contributed by atoms with Crippen molar-refractivity contribution in [3.63, 3.8) is 0 Å². The standard InChI is InChI=1S/C20H20FNO5/c21-17-5-1-2-6-18(17)22-19(23)13-27-20(24)14-7-9-15(10-8-14)26-12-16-4-3-11-25-16/h1-2,5-10,16H,3-4,11-13H2,(H,22,23)/t16-/m0/s1. The van der Waals surface area contributed by atoms with Gasteiger partial charge < -0.3 is 19.5 Å². The lowest BCUT2D eigenvalue weighted by molar-refractivity contribution is -0.119. The monoisotopic (exact) mass is 373 g/mol. The van der Waals surface area contributed by atoms with Crippen molar-refractivity contribution in [2.45, 2.75) is 18.9 Å². The van der Waals surface area contributed by atoms with Crippen LogP contribution < -0.4 is 10.1 Å². The van der Waals surface area contributed by atoms with Gasteiger partial charge in [0, 0.05) is 6.61 Å². The first-order chi connectivity index (χ1) is 13.1. The van der Waals surface area contributed by atoms with Crippen LogP contribution in [-0.4, -0.2) is 37.8 Å². The highest BCUT2D eigenvalue weighted by Crippen LogP contribution is 2.17. The third-order valence-corrected chi connectivity index (χ3v) is 4.03. The lowest BCUT2D eigenvalue weighted by Gasteiger charge is -2.11. The number of esters is 1. The van der Waals surface area contributed by atoms with E-state index in [9.17, 15) is 14.0 Å². The van der Waals surface area contributed by atoms with Crippen LogP contribution in [-0.2, 0) is 14.3 Å². The topological polar surface area (TPSA) is 73.9 Å². The first kappa shape index (κ1) is 18.8. The number of para-hydroxylation sites is 1. The summed E-state index contributed by atoms with van der Waals surface area (Å²) in [6.07, 6.45) is 2.14. The smallest absolute Gasteiger partial charge is 0.338 e. The Morgan fingerprint density at radius 2 is 1.93 bits per heavy atom. The zero-order valence-corrected chi connectivity index (χ0v) is 14.7. The number of anilines is 1. The van der Waals surface area contributed by atoms with Gasteiger partial charge in [-0.25, -0.2) is 9.18 Å². The molecule has 1 aliphatic heterocycles. The van der Waals surface area contributed by atoms with Gasteiger partial charge in [-0.1, -0.05) is 12.1 Å². The SMILES string of the molecule is O=C(COC(=O)c1ccc(OC[C@@H]2CCCO2)cc1)Nc1ccccc1F. The number of benzene rings is 2. The van der Waals surface area contributed by atoms with Crippen molar-refractivity contribution in [2.24, 2.45) is 0 Å². The normalized spacial score (nSPS) is 16.0. The van der Waals surface area contributed by atoms with Crippen LogP contribution in [0.15, 0.2) is 48.5 Å². The number of rotatable bonds is 7. The van der Waals surface area contributed by atoms with Crippen LogP contribution in [0.4, 0.5) is 10.1 Å². The second-order valence-electron chi connectivity index (χ2n) is 6.07. The summed E-state index contributed by atoms with van der Waals surface area (Å²) in [5.41, 5.74) is 0.324. The number of amides is 1. The van der Waals surface area contributed by atoms with Crippen molar-refractivity contribution in [3.8, 4) is 5.75 Å². The van der Waals surface area contributed by atoms with Crippen molar-refractivity contribution < 1.29 is 28.2 Å². The fourth-order valence-corrected chi connectivity index (χ4v) is 2.62. The molecule has 0 saturated carbocycles. The molecule has 1 saturated heterocycles. The van der Waals surface area contributed by atoms with Crippen molar-refractivity contribution in [3.05, 3.63) is 59.9 Å². The molecule has 2 aromatic carbocycles. The van der Waals surface area contributed by atoms with E-state index in [1.807, 2.05) is 0 Å². The van der Waals surface area contributed by atoms with E-state index in [2.05, 4.69) is 5.32 Å². The molecule has 6 nitrogen and oxygen atoms in total. The summed E-state index contributed by atoms with van der Waals surface area (Å²) in [6, 6.07) is 12.2. The van der Waals surface area contributed by atoms with Crippen molar-refractivity contribution >= 4 is 17.6 Å². The first-order valence-corrected chi connectivity index (χ1v) is 8.68. The Hall–Kier alpha value is -2.93. The maximum atomic E-state index is 13.5. The summed E-state index contributed by atoms with van der Waals surface area (Å²) in [4.78, 5) is 23.8. The Labute approximate surface area is 156 Å². The van der Waals surface area contributed by atoms with E-state index in [1.54, 1.807) is 30.3 Å². The Kier molecular flexibility index (Phi) is 6.38. The summed E-state index contributed by atoms with van der Waals surface area (Å²) >= 11 is 0. The second-order valence-corrected chi connectivity index (χ2v) is 6.07. The van der Waals surface area contributed by atoms with E-state index in [0.717, 1.165) is 19.4 Å². The van der Waals surface area contributed by atoms with Gasteiger partial charge >= 0.3 is 5.97 Å². The van der Waals surface area contributed by atoms with Gasteiger partial charge in [0.15, 0.2) is 6.61 Å². The number of carbonyl (C=O) groups excluding carboxylic acids is 2. The quantitative estimate of drug-likeness (QED) is 0.755. The van der Waals surface area contributed by atoms with Crippen LogP contribution in [0, 0.1) is 5.82 Å². The molecule has 2 aromatic rings. The predicted molar refractivity (Wildman–Crippen MR) is 96.2 cm³/mol. The van der Waals surface area contributed by atoms with Gasteiger partial charge in [0.25, 0.3) is 5.91 Å². The van der Waals surface area contributed by atoms with E-state index >= 15 is 0 Å². The Morgan fingerprint density at radius 1 is 1.15 bits per heavy atom. The van der Waals surface area contributed by atoms with E-state index in [0.29, 0.717) is 12.4 Å². The average Bonchev–Trinajstić information content (AvgIpc) is 3.20. The van der Waals surface area contributed by atoms with E-state index < -0.39 is 24.3 Å². The largest absolute Gasteiger partial charge is 0.491 e. The Morgan fingerprint density at radius 3 is 2.63 bits per heavy atom. The molecule has 0 spiro atoms. The molecule has 0 aromatic heterocycles. The molecule has 1 heterocycles. The fourth-order valence-electron chi connectivity index (χ4n) is 2.62. The molecule has 0 bridgehead atoms. The molecule has 1 N–H and O–H groups in total. The number of nitrogens with one attached hydrogen (secondary N) is 1. The zero-order chi connectivity index (χ0) is 19.1. The van der Waals surface area contributed by atoms with Gasteiger partial charge in [-0.15, -0.1) is 0 Å². The number of ether oxygens (including phenoxy) is 3. The maximum absolute atomic E-state index is 13.5.